The number of rotatable bonds is 5. The van der Waals surface area contributed by atoms with Gasteiger partial charge < -0.3 is 10.5 Å². The number of nitrogens with two attached hydrogens (primary N) is 1. The van der Waals surface area contributed by atoms with E-state index in [-0.39, 0.29) is 6.42 Å². The van der Waals surface area contributed by atoms with E-state index in [9.17, 15) is 4.79 Å². The van der Waals surface area contributed by atoms with Crippen LogP contribution in [0, 0.1) is 11.3 Å². The molecular formula is C8H14N2O2. The molecule has 0 spiro atoms. The maximum absolute atomic E-state index is 10.8. The fourth-order valence-corrected chi connectivity index (χ4v) is 0.614. The zero-order chi connectivity index (χ0) is 9.40. The van der Waals surface area contributed by atoms with Gasteiger partial charge in [0, 0.05) is 0 Å². The van der Waals surface area contributed by atoms with E-state index in [1.165, 1.54) is 0 Å². The molecule has 0 saturated heterocycles. The number of carbonyl (C=O) groups is 1. The molecule has 4 nitrogen and oxygen atoms in total. The smallest absolute Gasteiger partial charge is 0.308 e. The van der Waals surface area contributed by atoms with Crippen LogP contribution < -0.4 is 5.73 Å². The van der Waals surface area contributed by atoms with E-state index in [1.807, 2.05) is 6.92 Å². The predicted molar refractivity (Wildman–Crippen MR) is 44.1 cm³/mol. The second kappa shape index (κ2) is 6.62. The molecule has 0 fully saturated rings. The van der Waals surface area contributed by atoms with E-state index >= 15 is 0 Å². The highest BCUT2D eigenvalue weighted by molar-refractivity contribution is 5.70. The van der Waals surface area contributed by atoms with Crippen molar-refractivity contribution in [2.45, 2.75) is 32.2 Å². The topological polar surface area (TPSA) is 76.1 Å². The first-order valence-corrected chi connectivity index (χ1v) is 4.01. The van der Waals surface area contributed by atoms with Crippen LogP contribution in [0.2, 0.25) is 0 Å². The zero-order valence-corrected chi connectivity index (χ0v) is 7.25. The summed E-state index contributed by atoms with van der Waals surface area (Å²) in [5, 5.41) is 8.27. The molecule has 1 unspecified atom stereocenters. The first-order chi connectivity index (χ1) is 5.70. The van der Waals surface area contributed by atoms with Crippen LogP contribution in [0.5, 0.6) is 0 Å². The molecule has 4 heteroatoms. The first-order valence-electron chi connectivity index (χ1n) is 4.01. The lowest BCUT2D eigenvalue weighted by molar-refractivity contribution is -0.143. The average Bonchev–Trinajstić information content (AvgIpc) is 2.05. The number of nitrogens with zero attached hydrogens (tertiary/aromatic N) is 1. The highest BCUT2D eigenvalue weighted by Gasteiger charge is 2.08. The van der Waals surface area contributed by atoms with E-state index in [1.54, 1.807) is 6.07 Å². The van der Waals surface area contributed by atoms with Crippen molar-refractivity contribution in [3.05, 3.63) is 0 Å². The Kier molecular flexibility index (Phi) is 6.02. The van der Waals surface area contributed by atoms with Gasteiger partial charge in [-0.3, -0.25) is 4.79 Å². The molecule has 0 aliphatic heterocycles. The Morgan fingerprint density at radius 2 is 2.42 bits per heavy atom. The molecule has 0 aliphatic carbocycles. The van der Waals surface area contributed by atoms with Gasteiger partial charge in [0.1, 0.15) is 6.04 Å². The van der Waals surface area contributed by atoms with Gasteiger partial charge in [0.15, 0.2) is 0 Å². The molecule has 0 aromatic rings. The van der Waals surface area contributed by atoms with E-state index < -0.39 is 12.0 Å². The summed E-state index contributed by atoms with van der Waals surface area (Å²) in [5.41, 5.74) is 5.22. The van der Waals surface area contributed by atoms with Crippen molar-refractivity contribution in [1.29, 1.82) is 5.26 Å². The standard InChI is InChI=1S/C8H14N2O2/c1-2-3-4-12-8(11)5-7(10)6-9/h7H,2-5,10H2,1H3. The van der Waals surface area contributed by atoms with Crippen molar-refractivity contribution >= 4 is 5.97 Å². The summed E-state index contributed by atoms with van der Waals surface area (Å²) in [7, 11) is 0. The van der Waals surface area contributed by atoms with Gasteiger partial charge in [0.25, 0.3) is 0 Å². The third-order valence-electron chi connectivity index (χ3n) is 1.31. The monoisotopic (exact) mass is 170 g/mol. The van der Waals surface area contributed by atoms with Gasteiger partial charge in [0.2, 0.25) is 0 Å². The van der Waals surface area contributed by atoms with Crippen LogP contribution in [0.25, 0.3) is 0 Å². The Morgan fingerprint density at radius 3 is 2.92 bits per heavy atom. The largest absolute Gasteiger partial charge is 0.466 e. The molecule has 1 atom stereocenters. The molecule has 2 N–H and O–H groups in total. The molecular weight excluding hydrogens is 156 g/mol. The fraction of sp³-hybridized carbons (Fsp3) is 0.750. The van der Waals surface area contributed by atoms with Crippen molar-refractivity contribution in [2.24, 2.45) is 5.73 Å². The molecule has 0 rings (SSSR count). The quantitative estimate of drug-likeness (QED) is 0.483. The normalized spacial score (nSPS) is 11.8. The molecule has 0 aromatic carbocycles. The molecule has 0 saturated carbocycles. The lowest BCUT2D eigenvalue weighted by atomic mass is 10.2. The van der Waals surface area contributed by atoms with E-state index in [4.69, 9.17) is 15.7 Å². The van der Waals surface area contributed by atoms with Gasteiger partial charge in [0.05, 0.1) is 19.1 Å². The van der Waals surface area contributed by atoms with Crippen molar-refractivity contribution in [3.63, 3.8) is 0 Å². The van der Waals surface area contributed by atoms with Gasteiger partial charge in [-0.25, -0.2) is 0 Å². The molecule has 68 valence electrons. The van der Waals surface area contributed by atoms with Crippen LogP contribution in [0.4, 0.5) is 0 Å². The van der Waals surface area contributed by atoms with Crippen LogP contribution in [0.1, 0.15) is 26.2 Å². The SMILES string of the molecule is CCCCOC(=O)CC(N)C#N. The Labute approximate surface area is 72.3 Å². The minimum atomic E-state index is -0.737. The van der Waals surface area contributed by atoms with Crippen molar-refractivity contribution in [1.82, 2.24) is 0 Å². The Morgan fingerprint density at radius 1 is 1.75 bits per heavy atom. The van der Waals surface area contributed by atoms with Crippen LogP contribution in [0.15, 0.2) is 0 Å². The third kappa shape index (κ3) is 5.69. The van der Waals surface area contributed by atoms with Gasteiger partial charge in [-0.2, -0.15) is 5.26 Å². The number of nitriles is 1. The second-order valence-electron chi connectivity index (χ2n) is 2.51. The number of esters is 1. The molecule has 0 bridgehead atoms. The van der Waals surface area contributed by atoms with Crippen LogP contribution in [-0.4, -0.2) is 18.6 Å². The second-order valence-corrected chi connectivity index (χ2v) is 2.51. The number of ether oxygens (including phenoxy) is 1. The van der Waals surface area contributed by atoms with Crippen molar-refractivity contribution < 1.29 is 9.53 Å². The summed E-state index contributed by atoms with van der Waals surface area (Å²) < 4.78 is 4.78. The molecule has 0 heterocycles. The fourth-order valence-electron chi connectivity index (χ4n) is 0.614. The molecule has 0 amide bonds. The highest BCUT2D eigenvalue weighted by atomic mass is 16.5. The summed E-state index contributed by atoms with van der Waals surface area (Å²) in [6, 6.07) is 1.03. The van der Waals surface area contributed by atoms with Gasteiger partial charge in [-0.05, 0) is 6.42 Å². The summed E-state index contributed by atoms with van der Waals surface area (Å²) in [6.45, 7) is 2.43. The van der Waals surface area contributed by atoms with Crippen molar-refractivity contribution in [2.75, 3.05) is 6.61 Å². The minimum absolute atomic E-state index is 0.0137. The summed E-state index contributed by atoms with van der Waals surface area (Å²) in [4.78, 5) is 10.8. The van der Waals surface area contributed by atoms with Gasteiger partial charge in [-0.1, -0.05) is 13.3 Å². The van der Waals surface area contributed by atoms with E-state index in [2.05, 4.69) is 0 Å². The highest BCUT2D eigenvalue weighted by Crippen LogP contribution is 1.93. The maximum Gasteiger partial charge on any atom is 0.308 e. The van der Waals surface area contributed by atoms with E-state index in [0.717, 1.165) is 12.8 Å². The molecule has 0 aliphatic rings. The van der Waals surface area contributed by atoms with Crippen LogP contribution >= 0.6 is 0 Å². The first kappa shape index (κ1) is 10.9. The zero-order valence-electron chi connectivity index (χ0n) is 7.25. The van der Waals surface area contributed by atoms with Crippen LogP contribution in [0.3, 0.4) is 0 Å². The predicted octanol–water partition coefficient (Wildman–Crippen LogP) is 0.571. The Hall–Kier alpha value is -1.08. The number of hydrogen-bond acceptors (Lipinski definition) is 4. The van der Waals surface area contributed by atoms with Gasteiger partial charge >= 0.3 is 5.97 Å². The summed E-state index contributed by atoms with van der Waals surface area (Å²) in [6.07, 6.45) is 1.82. The lowest BCUT2D eigenvalue weighted by Crippen LogP contribution is -2.23. The van der Waals surface area contributed by atoms with Gasteiger partial charge in [-0.15, -0.1) is 0 Å². The average molecular weight is 170 g/mol. The third-order valence-corrected chi connectivity index (χ3v) is 1.31. The lowest BCUT2D eigenvalue weighted by Gasteiger charge is -2.03. The molecule has 0 radical (unpaired) electrons. The van der Waals surface area contributed by atoms with Crippen LogP contribution in [-0.2, 0) is 9.53 Å². The maximum atomic E-state index is 10.8. The number of unbranched alkanes of at least 4 members (excludes halogenated alkanes) is 1. The number of carbonyl (C=O) groups excluding carboxylic acids is 1. The minimum Gasteiger partial charge on any atom is -0.466 e. The summed E-state index contributed by atoms with van der Waals surface area (Å²) >= 11 is 0. The summed E-state index contributed by atoms with van der Waals surface area (Å²) in [5.74, 6) is -0.391. The number of hydrogen-bond donors (Lipinski definition) is 1. The van der Waals surface area contributed by atoms with E-state index in [0.29, 0.717) is 6.61 Å². The molecule has 0 aromatic heterocycles. The Bertz CT molecular complexity index is 174. The molecule has 12 heavy (non-hydrogen) atoms. The Balaban J connectivity index is 3.41. The van der Waals surface area contributed by atoms with Crippen molar-refractivity contribution in [3.8, 4) is 6.07 Å².